The largest absolute Gasteiger partial charge is 0.466 e. The number of amidine groups is 1. The van der Waals surface area contributed by atoms with Crippen molar-refractivity contribution in [3.8, 4) is 0 Å². The summed E-state index contributed by atoms with van der Waals surface area (Å²) in [6, 6.07) is 5.85. The summed E-state index contributed by atoms with van der Waals surface area (Å²) < 4.78 is 5.11. The van der Waals surface area contributed by atoms with Crippen molar-refractivity contribution in [2.24, 2.45) is 10.9 Å². The van der Waals surface area contributed by atoms with Crippen LogP contribution in [0.2, 0.25) is 0 Å². The number of ether oxygens (including phenoxy) is 1. The highest BCUT2D eigenvalue weighted by molar-refractivity contribution is 8.16. The average molecular weight is 426 g/mol. The lowest BCUT2D eigenvalue weighted by atomic mass is 9.90. The molecule has 1 N–H and O–H groups in total. The molecule has 158 valence electrons. The summed E-state index contributed by atoms with van der Waals surface area (Å²) in [6.45, 7) is 6.68. The van der Waals surface area contributed by atoms with Crippen LogP contribution in [0.1, 0.15) is 48.9 Å². The van der Waals surface area contributed by atoms with Crippen molar-refractivity contribution in [3.63, 3.8) is 0 Å². The SMILES string of the molecule is COC(=O)C1=C(C)N=C2SC=C(CC(=O)NCC3CC3)N2[C@H]1c1ccc(C)cc1C. The normalized spacial score (nSPS) is 20.5. The van der Waals surface area contributed by atoms with Crippen LogP contribution in [0.5, 0.6) is 0 Å². The van der Waals surface area contributed by atoms with Gasteiger partial charge in [0, 0.05) is 12.2 Å². The predicted molar refractivity (Wildman–Crippen MR) is 119 cm³/mol. The molecule has 1 saturated carbocycles. The van der Waals surface area contributed by atoms with Crippen LogP contribution in [0.15, 0.2) is 45.6 Å². The van der Waals surface area contributed by atoms with Gasteiger partial charge in [-0.3, -0.25) is 4.79 Å². The number of thioether (sulfide) groups is 1. The maximum Gasteiger partial charge on any atom is 0.338 e. The molecule has 0 aromatic heterocycles. The molecule has 1 aliphatic carbocycles. The van der Waals surface area contributed by atoms with Gasteiger partial charge in [-0.1, -0.05) is 35.5 Å². The van der Waals surface area contributed by atoms with Crippen LogP contribution in [-0.4, -0.2) is 35.6 Å². The Morgan fingerprint density at radius 3 is 2.70 bits per heavy atom. The predicted octanol–water partition coefficient (Wildman–Crippen LogP) is 3.97. The molecule has 7 heteroatoms. The molecule has 0 saturated heterocycles. The van der Waals surface area contributed by atoms with Crippen LogP contribution in [0.4, 0.5) is 0 Å². The van der Waals surface area contributed by atoms with Crippen molar-refractivity contribution >= 4 is 28.8 Å². The van der Waals surface area contributed by atoms with Gasteiger partial charge in [0.15, 0.2) is 5.17 Å². The topological polar surface area (TPSA) is 71.0 Å². The maximum absolute atomic E-state index is 12.8. The van der Waals surface area contributed by atoms with E-state index in [0.717, 1.165) is 34.1 Å². The molecule has 4 rings (SSSR count). The van der Waals surface area contributed by atoms with E-state index < -0.39 is 5.97 Å². The highest BCUT2D eigenvalue weighted by Gasteiger charge is 2.41. The third kappa shape index (κ3) is 4.03. The average Bonchev–Trinajstić information content (AvgIpc) is 3.46. The summed E-state index contributed by atoms with van der Waals surface area (Å²) in [5.74, 6) is 0.238. The van der Waals surface area contributed by atoms with Crippen LogP contribution >= 0.6 is 11.8 Å². The minimum atomic E-state index is -0.394. The van der Waals surface area contributed by atoms with Gasteiger partial charge in [0.05, 0.1) is 30.8 Å². The number of carbonyl (C=O) groups excluding carboxylic acids is 2. The lowest BCUT2D eigenvalue weighted by molar-refractivity contribution is -0.136. The van der Waals surface area contributed by atoms with Gasteiger partial charge in [-0.25, -0.2) is 9.79 Å². The second-order valence-electron chi connectivity index (χ2n) is 8.17. The van der Waals surface area contributed by atoms with Crippen LogP contribution in [0.3, 0.4) is 0 Å². The zero-order chi connectivity index (χ0) is 21.4. The summed E-state index contributed by atoms with van der Waals surface area (Å²) in [5, 5.41) is 5.79. The number of nitrogens with zero attached hydrogens (tertiary/aromatic N) is 2. The maximum atomic E-state index is 12.8. The highest BCUT2D eigenvalue weighted by atomic mass is 32.2. The van der Waals surface area contributed by atoms with E-state index in [0.29, 0.717) is 17.2 Å². The number of carbonyl (C=O) groups is 2. The molecule has 2 heterocycles. The van der Waals surface area contributed by atoms with Gasteiger partial charge in [-0.15, -0.1) is 0 Å². The van der Waals surface area contributed by atoms with Gasteiger partial charge in [0.25, 0.3) is 0 Å². The Kier molecular flexibility index (Phi) is 5.73. The summed E-state index contributed by atoms with van der Waals surface area (Å²) in [4.78, 5) is 32.0. The molecule has 0 spiro atoms. The first-order valence-electron chi connectivity index (χ1n) is 10.3. The van der Waals surface area contributed by atoms with Gasteiger partial charge >= 0.3 is 5.97 Å². The third-order valence-corrected chi connectivity index (χ3v) is 6.64. The van der Waals surface area contributed by atoms with E-state index >= 15 is 0 Å². The number of esters is 1. The Bertz CT molecular complexity index is 991. The smallest absolute Gasteiger partial charge is 0.338 e. The van der Waals surface area contributed by atoms with Crippen molar-refractivity contribution in [2.75, 3.05) is 13.7 Å². The molecular weight excluding hydrogens is 398 g/mol. The third-order valence-electron chi connectivity index (χ3n) is 5.75. The number of methoxy groups -OCH3 is 1. The van der Waals surface area contributed by atoms with Crippen LogP contribution in [0, 0.1) is 19.8 Å². The Morgan fingerprint density at radius 1 is 1.27 bits per heavy atom. The standard InChI is InChI=1S/C23H27N3O3S/c1-13-5-8-18(14(2)9-13)21-20(22(28)29-4)15(3)25-23-26(21)17(12-30-23)10-19(27)24-11-16-6-7-16/h5,8-9,12,16,21H,6-7,10-11H2,1-4H3,(H,24,27)/t21-/m0/s1. The van der Waals surface area contributed by atoms with Gasteiger partial charge in [0.1, 0.15) is 0 Å². The van der Waals surface area contributed by atoms with Crippen molar-refractivity contribution in [1.29, 1.82) is 0 Å². The first kappa shape index (κ1) is 20.7. The minimum Gasteiger partial charge on any atom is -0.466 e. The molecule has 30 heavy (non-hydrogen) atoms. The van der Waals surface area contributed by atoms with Crippen molar-refractivity contribution in [3.05, 3.63) is 57.3 Å². The molecule has 0 bridgehead atoms. The number of benzene rings is 1. The van der Waals surface area contributed by atoms with E-state index in [2.05, 4.69) is 22.4 Å². The summed E-state index contributed by atoms with van der Waals surface area (Å²) in [5.41, 5.74) is 5.28. The van der Waals surface area contributed by atoms with Gasteiger partial charge in [-0.2, -0.15) is 0 Å². The molecular formula is C23H27N3O3S. The Labute approximate surface area is 181 Å². The Balaban J connectivity index is 1.69. The second-order valence-corrected chi connectivity index (χ2v) is 9.01. The van der Waals surface area contributed by atoms with Gasteiger partial charge in [0.2, 0.25) is 5.91 Å². The lowest BCUT2D eigenvalue weighted by Crippen LogP contribution is -2.38. The number of aryl methyl sites for hydroxylation is 2. The fraction of sp³-hybridized carbons (Fsp3) is 0.435. The van der Waals surface area contributed by atoms with E-state index in [1.54, 1.807) is 0 Å². The quantitative estimate of drug-likeness (QED) is 0.699. The number of allylic oxidation sites excluding steroid dienone is 1. The minimum absolute atomic E-state index is 0.000251. The highest BCUT2D eigenvalue weighted by Crippen LogP contribution is 2.45. The first-order valence-corrected chi connectivity index (χ1v) is 11.1. The Morgan fingerprint density at radius 2 is 2.03 bits per heavy atom. The van der Waals surface area contributed by atoms with E-state index in [4.69, 9.17) is 4.74 Å². The van der Waals surface area contributed by atoms with Gasteiger partial charge < -0.3 is 15.0 Å². The monoisotopic (exact) mass is 425 g/mol. The zero-order valence-electron chi connectivity index (χ0n) is 17.8. The lowest BCUT2D eigenvalue weighted by Gasteiger charge is -2.37. The molecule has 1 aromatic rings. The van der Waals surface area contributed by atoms with Crippen molar-refractivity contribution in [2.45, 2.75) is 46.1 Å². The fourth-order valence-corrected chi connectivity index (χ4v) is 4.94. The van der Waals surface area contributed by atoms with Crippen LogP contribution < -0.4 is 5.32 Å². The van der Waals surface area contributed by atoms with Crippen molar-refractivity contribution < 1.29 is 14.3 Å². The molecule has 1 aromatic carbocycles. The number of aliphatic imine (C=N–C) groups is 1. The van der Waals surface area contributed by atoms with E-state index in [1.807, 2.05) is 37.1 Å². The molecule has 3 aliphatic rings. The van der Waals surface area contributed by atoms with Gasteiger partial charge in [-0.05, 0) is 56.1 Å². The van der Waals surface area contributed by atoms with E-state index in [9.17, 15) is 9.59 Å². The molecule has 1 atom stereocenters. The second kappa shape index (κ2) is 8.30. The zero-order valence-corrected chi connectivity index (χ0v) is 18.6. The first-order chi connectivity index (χ1) is 14.4. The van der Waals surface area contributed by atoms with Crippen LogP contribution in [0.25, 0.3) is 0 Å². The molecule has 0 radical (unpaired) electrons. The summed E-state index contributed by atoms with van der Waals surface area (Å²) >= 11 is 1.49. The fourth-order valence-electron chi connectivity index (χ4n) is 3.97. The number of hydrogen-bond acceptors (Lipinski definition) is 6. The molecule has 6 nitrogen and oxygen atoms in total. The van der Waals surface area contributed by atoms with E-state index in [1.165, 1.54) is 31.7 Å². The molecule has 2 aliphatic heterocycles. The number of amides is 1. The Hall–Kier alpha value is -2.54. The number of rotatable bonds is 6. The van der Waals surface area contributed by atoms with Crippen molar-refractivity contribution in [1.82, 2.24) is 10.2 Å². The van der Waals surface area contributed by atoms with Crippen LogP contribution in [-0.2, 0) is 14.3 Å². The molecule has 0 unspecified atom stereocenters. The number of hydrogen-bond donors (Lipinski definition) is 1. The summed E-state index contributed by atoms with van der Waals surface area (Å²) in [6.07, 6.45) is 2.65. The molecule has 1 fully saturated rings. The molecule has 1 amide bonds. The summed E-state index contributed by atoms with van der Waals surface area (Å²) in [7, 11) is 1.39. The number of nitrogens with one attached hydrogen (secondary N) is 1. The van der Waals surface area contributed by atoms with E-state index in [-0.39, 0.29) is 18.4 Å². The number of fused-ring (bicyclic) bond motifs is 1.